The van der Waals surface area contributed by atoms with E-state index in [-0.39, 0.29) is 13.2 Å². The Hall–Kier alpha value is -3.15. The number of benzene rings is 3. The van der Waals surface area contributed by atoms with Crippen molar-refractivity contribution < 1.29 is 14.6 Å². The summed E-state index contributed by atoms with van der Waals surface area (Å²) in [6.07, 6.45) is -0.512. The van der Waals surface area contributed by atoms with Crippen molar-refractivity contribution in [1.29, 1.82) is 0 Å². The van der Waals surface area contributed by atoms with Crippen molar-refractivity contribution >= 4 is 6.09 Å². The molecule has 0 spiro atoms. The van der Waals surface area contributed by atoms with Crippen molar-refractivity contribution in [2.45, 2.75) is 38.0 Å². The molecule has 3 aromatic rings. The van der Waals surface area contributed by atoms with Crippen LogP contribution in [-0.4, -0.2) is 36.0 Å². The molecule has 0 aliphatic rings. The molecular formula is C27H32N2O3. The fourth-order valence-corrected chi connectivity index (χ4v) is 3.80. The molecule has 3 N–H and O–H groups in total. The third-order valence-electron chi connectivity index (χ3n) is 5.15. The zero-order valence-corrected chi connectivity index (χ0v) is 18.9. The summed E-state index contributed by atoms with van der Waals surface area (Å²) >= 11 is 0. The largest absolute Gasteiger partial charge is 0.444 e. The van der Waals surface area contributed by atoms with Crippen LogP contribution in [0.15, 0.2) is 91.0 Å². The van der Waals surface area contributed by atoms with Gasteiger partial charge in [0.25, 0.3) is 0 Å². The highest BCUT2D eigenvalue weighted by atomic mass is 16.6. The van der Waals surface area contributed by atoms with Gasteiger partial charge in [-0.2, -0.15) is 0 Å². The third kappa shape index (κ3) is 5.75. The molecule has 3 aromatic carbocycles. The molecule has 0 aliphatic heterocycles. The summed E-state index contributed by atoms with van der Waals surface area (Å²) in [6, 6.07) is 30.0. The van der Waals surface area contributed by atoms with Gasteiger partial charge in [-0.15, -0.1) is 0 Å². The summed E-state index contributed by atoms with van der Waals surface area (Å²) in [5.74, 6) is 0. The van der Waals surface area contributed by atoms with Gasteiger partial charge in [0.05, 0.1) is 12.1 Å². The summed E-state index contributed by atoms with van der Waals surface area (Å²) < 4.78 is 5.36. The molecule has 0 heterocycles. The number of ether oxygens (including phenoxy) is 1. The summed E-state index contributed by atoms with van der Waals surface area (Å²) in [7, 11) is 0. The standard InChI is InChI=1S/C27H32N2O3/c1-26(2,3)32-25(31)28-19-24(20-30)29-27(21-13-7-4-8-14-21,22-15-9-5-10-16-22)23-17-11-6-12-18-23/h4-18,24,29-30H,19-20H2,1-3H3,(H,28,31)/t24-/m0/s1. The van der Waals surface area contributed by atoms with Crippen LogP contribution in [0.25, 0.3) is 0 Å². The quantitative estimate of drug-likeness (QED) is 0.460. The average Bonchev–Trinajstić information content (AvgIpc) is 2.80. The van der Waals surface area contributed by atoms with Crippen LogP contribution in [0.1, 0.15) is 37.5 Å². The Bertz CT molecular complexity index is 873. The number of hydrogen-bond donors (Lipinski definition) is 3. The lowest BCUT2D eigenvalue weighted by Gasteiger charge is -2.40. The summed E-state index contributed by atoms with van der Waals surface area (Å²) in [5.41, 5.74) is 1.79. The van der Waals surface area contributed by atoms with Crippen LogP contribution in [0.5, 0.6) is 0 Å². The Morgan fingerprint density at radius 1 is 0.812 bits per heavy atom. The third-order valence-corrected chi connectivity index (χ3v) is 5.15. The number of aliphatic hydroxyl groups is 1. The maximum atomic E-state index is 12.2. The predicted octanol–water partition coefficient (Wildman–Crippen LogP) is 4.45. The van der Waals surface area contributed by atoms with Gasteiger partial charge in [0.1, 0.15) is 5.60 Å². The number of hydrogen-bond acceptors (Lipinski definition) is 4. The second kappa shape index (κ2) is 10.4. The Morgan fingerprint density at radius 3 is 1.56 bits per heavy atom. The van der Waals surface area contributed by atoms with Crippen LogP contribution in [0.4, 0.5) is 4.79 Å². The number of nitrogens with one attached hydrogen (secondary N) is 2. The molecule has 0 unspecified atom stereocenters. The van der Waals surface area contributed by atoms with Crippen LogP contribution in [0.2, 0.25) is 0 Å². The molecule has 0 saturated heterocycles. The number of carbonyl (C=O) groups is 1. The van der Waals surface area contributed by atoms with Crippen molar-refractivity contribution in [3.05, 3.63) is 108 Å². The van der Waals surface area contributed by atoms with Crippen molar-refractivity contribution in [2.24, 2.45) is 0 Å². The average molecular weight is 433 g/mol. The predicted molar refractivity (Wildman–Crippen MR) is 127 cm³/mol. The van der Waals surface area contributed by atoms with Crippen LogP contribution in [0, 0.1) is 0 Å². The van der Waals surface area contributed by atoms with E-state index in [1.54, 1.807) is 0 Å². The topological polar surface area (TPSA) is 70.6 Å². The Morgan fingerprint density at radius 2 is 1.22 bits per heavy atom. The van der Waals surface area contributed by atoms with E-state index in [0.717, 1.165) is 16.7 Å². The molecule has 32 heavy (non-hydrogen) atoms. The minimum atomic E-state index is -0.729. The number of amides is 1. The van der Waals surface area contributed by atoms with Crippen molar-refractivity contribution in [2.75, 3.05) is 13.2 Å². The molecule has 0 aromatic heterocycles. The van der Waals surface area contributed by atoms with E-state index >= 15 is 0 Å². The van der Waals surface area contributed by atoms with E-state index in [1.165, 1.54) is 0 Å². The molecule has 1 amide bonds. The zero-order valence-electron chi connectivity index (χ0n) is 18.9. The van der Waals surface area contributed by atoms with Gasteiger partial charge in [-0.1, -0.05) is 91.0 Å². The normalized spacial score (nSPS) is 12.8. The first-order valence-corrected chi connectivity index (χ1v) is 10.9. The van der Waals surface area contributed by atoms with Crippen molar-refractivity contribution in [3.63, 3.8) is 0 Å². The van der Waals surface area contributed by atoms with Crippen LogP contribution >= 0.6 is 0 Å². The van der Waals surface area contributed by atoms with E-state index in [1.807, 2.05) is 75.4 Å². The minimum Gasteiger partial charge on any atom is -0.444 e. The first-order chi connectivity index (χ1) is 15.3. The van der Waals surface area contributed by atoms with Gasteiger partial charge < -0.3 is 15.2 Å². The second-order valence-corrected chi connectivity index (χ2v) is 8.75. The van der Waals surface area contributed by atoms with Gasteiger partial charge in [0, 0.05) is 12.6 Å². The first-order valence-electron chi connectivity index (χ1n) is 10.9. The molecule has 5 heteroatoms. The number of aliphatic hydroxyl groups excluding tert-OH is 1. The van der Waals surface area contributed by atoms with Crippen LogP contribution in [0.3, 0.4) is 0 Å². The molecule has 168 valence electrons. The number of rotatable bonds is 8. The van der Waals surface area contributed by atoms with E-state index in [0.29, 0.717) is 0 Å². The van der Waals surface area contributed by atoms with E-state index in [9.17, 15) is 9.90 Å². The fraction of sp³-hybridized carbons (Fsp3) is 0.296. The van der Waals surface area contributed by atoms with Crippen molar-refractivity contribution in [3.8, 4) is 0 Å². The molecule has 0 saturated carbocycles. The number of carbonyl (C=O) groups excluding carboxylic acids is 1. The minimum absolute atomic E-state index is 0.163. The smallest absolute Gasteiger partial charge is 0.407 e. The highest BCUT2D eigenvalue weighted by Gasteiger charge is 2.38. The molecule has 0 fully saturated rings. The molecular weight excluding hydrogens is 400 g/mol. The lowest BCUT2D eigenvalue weighted by Crippen LogP contribution is -2.55. The SMILES string of the molecule is CC(C)(C)OC(=O)NC[C@@H](CO)NC(c1ccccc1)(c1ccccc1)c1ccccc1. The summed E-state index contributed by atoms with van der Waals surface area (Å²) in [6.45, 7) is 5.50. The Labute approximate surface area is 190 Å². The summed E-state index contributed by atoms with van der Waals surface area (Å²) in [4.78, 5) is 12.2. The van der Waals surface area contributed by atoms with Gasteiger partial charge in [0.2, 0.25) is 0 Å². The van der Waals surface area contributed by atoms with Gasteiger partial charge in [-0.25, -0.2) is 4.79 Å². The Balaban J connectivity index is 2.01. The maximum absolute atomic E-state index is 12.2. The zero-order chi connectivity index (χ0) is 23.0. The molecule has 0 bridgehead atoms. The summed E-state index contributed by atoms with van der Waals surface area (Å²) in [5, 5.41) is 16.7. The highest BCUT2D eigenvalue weighted by molar-refractivity contribution is 5.67. The molecule has 1 atom stereocenters. The molecule has 0 radical (unpaired) electrons. The van der Waals surface area contributed by atoms with E-state index in [4.69, 9.17) is 4.74 Å². The van der Waals surface area contributed by atoms with Gasteiger partial charge in [-0.05, 0) is 37.5 Å². The number of alkyl carbamates (subject to hydrolysis) is 1. The molecule has 5 nitrogen and oxygen atoms in total. The van der Waals surface area contributed by atoms with E-state index < -0.39 is 23.3 Å². The Kier molecular flexibility index (Phi) is 7.67. The maximum Gasteiger partial charge on any atom is 0.407 e. The van der Waals surface area contributed by atoms with Crippen LogP contribution in [-0.2, 0) is 10.3 Å². The molecule has 0 aliphatic carbocycles. The monoisotopic (exact) mass is 432 g/mol. The van der Waals surface area contributed by atoms with Gasteiger partial charge >= 0.3 is 6.09 Å². The lowest BCUT2D eigenvalue weighted by molar-refractivity contribution is 0.0515. The first kappa shape index (κ1) is 23.5. The fourth-order valence-electron chi connectivity index (χ4n) is 3.80. The van der Waals surface area contributed by atoms with Crippen LogP contribution < -0.4 is 10.6 Å². The second-order valence-electron chi connectivity index (χ2n) is 8.75. The lowest BCUT2D eigenvalue weighted by atomic mass is 9.76. The van der Waals surface area contributed by atoms with E-state index in [2.05, 4.69) is 47.0 Å². The molecule has 3 rings (SSSR count). The van der Waals surface area contributed by atoms with Crippen molar-refractivity contribution in [1.82, 2.24) is 10.6 Å². The van der Waals surface area contributed by atoms with Gasteiger partial charge in [-0.3, -0.25) is 5.32 Å². The van der Waals surface area contributed by atoms with Gasteiger partial charge in [0.15, 0.2) is 0 Å². The highest BCUT2D eigenvalue weighted by Crippen LogP contribution is 2.37.